The van der Waals surface area contributed by atoms with Crippen LogP contribution in [0, 0.1) is 27.7 Å². The normalized spacial score (nSPS) is 11.9. The third kappa shape index (κ3) is 5.80. The Balaban J connectivity index is 1.84. The summed E-state index contributed by atoms with van der Waals surface area (Å²) < 4.78 is 0. The van der Waals surface area contributed by atoms with E-state index in [-0.39, 0.29) is 10.8 Å². The smallest absolute Gasteiger partial charge is 0.0467 e. The third-order valence-electron chi connectivity index (χ3n) is 7.54. The summed E-state index contributed by atoms with van der Waals surface area (Å²) in [5.41, 5.74) is 14.8. The number of hydrogen-bond acceptors (Lipinski definition) is 2. The molecule has 38 heavy (non-hydrogen) atoms. The Hall–Kier alpha value is -3.52. The maximum atomic E-state index is 3.82. The van der Waals surface area contributed by atoms with Crippen molar-refractivity contribution >= 4 is 22.7 Å². The first-order valence-electron chi connectivity index (χ1n) is 13.7. The zero-order chi connectivity index (χ0) is 27.8. The summed E-state index contributed by atoms with van der Waals surface area (Å²) in [5.74, 6) is 0. The van der Waals surface area contributed by atoms with Gasteiger partial charge in [-0.15, -0.1) is 0 Å². The lowest BCUT2D eigenvalue weighted by Gasteiger charge is -2.24. The van der Waals surface area contributed by atoms with Gasteiger partial charge in [-0.1, -0.05) is 90.1 Å². The second-order valence-corrected chi connectivity index (χ2v) is 12.8. The zero-order valence-electron chi connectivity index (χ0n) is 24.9. The molecule has 4 aromatic carbocycles. The van der Waals surface area contributed by atoms with Gasteiger partial charge in [0.2, 0.25) is 0 Å². The van der Waals surface area contributed by atoms with E-state index >= 15 is 0 Å². The van der Waals surface area contributed by atoms with E-state index in [0.717, 1.165) is 22.7 Å². The van der Waals surface area contributed by atoms with Crippen molar-refractivity contribution in [1.29, 1.82) is 0 Å². The molecule has 0 amide bonds. The number of aryl methyl sites for hydroxylation is 4. The molecular weight excluding hydrogens is 460 g/mol. The van der Waals surface area contributed by atoms with Crippen molar-refractivity contribution in [2.45, 2.75) is 80.1 Å². The van der Waals surface area contributed by atoms with Crippen LogP contribution < -0.4 is 10.6 Å². The summed E-state index contributed by atoms with van der Waals surface area (Å²) >= 11 is 0. The molecule has 198 valence electrons. The van der Waals surface area contributed by atoms with Crippen molar-refractivity contribution in [2.24, 2.45) is 0 Å². The van der Waals surface area contributed by atoms with E-state index in [0.29, 0.717) is 0 Å². The van der Waals surface area contributed by atoms with Gasteiger partial charge in [0.05, 0.1) is 0 Å². The number of benzene rings is 4. The molecule has 2 heteroatoms. The minimum Gasteiger partial charge on any atom is -0.355 e. The molecule has 4 rings (SSSR count). The molecule has 0 aliphatic heterocycles. The summed E-state index contributed by atoms with van der Waals surface area (Å²) in [4.78, 5) is 0. The van der Waals surface area contributed by atoms with Gasteiger partial charge in [-0.2, -0.15) is 0 Å². The van der Waals surface area contributed by atoms with Crippen LogP contribution in [0.5, 0.6) is 0 Å². The van der Waals surface area contributed by atoms with Crippen LogP contribution >= 0.6 is 0 Å². The molecule has 0 heterocycles. The minimum atomic E-state index is 0.0894. The van der Waals surface area contributed by atoms with Crippen LogP contribution in [-0.4, -0.2) is 0 Å². The van der Waals surface area contributed by atoms with Gasteiger partial charge >= 0.3 is 0 Å². The van der Waals surface area contributed by atoms with Gasteiger partial charge in [0, 0.05) is 33.9 Å². The average Bonchev–Trinajstić information content (AvgIpc) is 2.81. The highest BCUT2D eigenvalue weighted by molar-refractivity contribution is 5.93. The van der Waals surface area contributed by atoms with Crippen LogP contribution in [0.25, 0.3) is 11.1 Å². The number of hydrogen-bond donors (Lipinski definition) is 2. The molecule has 2 nitrogen and oxygen atoms in total. The third-order valence-corrected chi connectivity index (χ3v) is 7.54. The highest BCUT2D eigenvalue weighted by Gasteiger charge is 2.19. The van der Waals surface area contributed by atoms with Crippen LogP contribution in [0.3, 0.4) is 0 Å². The summed E-state index contributed by atoms with van der Waals surface area (Å²) in [6.45, 7) is 22.4. The number of anilines is 4. The van der Waals surface area contributed by atoms with Crippen molar-refractivity contribution in [3.8, 4) is 11.1 Å². The van der Waals surface area contributed by atoms with E-state index in [1.807, 2.05) is 0 Å². The summed E-state index contributed by atoms with van der Waals surface area (Å²) in [6, 6.07) is 26.7. The lowest BCUT2D eigenvalue weighted by molar-refractivity contribution is 0.590. The largest absolute Gasteiger partial charge is 0.355 e. The molecule has 0 spiro atoms. The van der Waals surface area contributed by atoms with Gasteiger partial charge < -0.3 is 10.6 Å². The molecule has 0 bridgehead atoms. The van der Waals surface area contributed by atoms with Crippen molar-refractivity contribution in [3.63, 3.8) is 0 Å². The predicted molar refractivity (Wildman–Crippen MR) is 168 cm³/mol. The van der Waals surface area contributed by atoms with Crippen molar-refractivity contribution in [2.75, 3.05) is 10.6 Å². The van der Waals surface area contributed by atoms with Crippen LogP contribution in [0.1, 0.15) is 74.9 Å². The van der Waals surface area contributed by atoms with E-state index in [9.17, 15) is 0 Å². The SMILES string of the molecule is Cc1ccc(C(C)(C)C)cc1Nc1cccc(C)c1-c1c(C)cccc1Nc1cc(C(C)(C)C)ccc1C. The Morgan fingerprint density at radius 1 is 0.421 bits per heavy atom. The van der Waals surface area contributed by atoms with E-state index in [4.69, 9.17) is 0 Å². The predicted octanol–water partition coefficient (Wildman–Crippen LogP) is 10.7. The molecule has 0 saturated heterocycles. The molecule has 0 saturated carbocycles. The first-order chi connectivity index (χ1) is 17.8. The quantitative estimate of drug-likeness (QED) is 0.282. The number of nitrogens with one attached hydrogen (secondary N) is 2. The first kappa shape index (κ1) is 27.5. The standard InChI is InChI=1S/C36H44N2/c1-23-17-19-27(35(5,6)7)21-31(23)37-29-15-11-13-25(3)33(29)34-26(4)14-12-16-30(34)38-32-22-28(36(8,9)10)20-18-24(32)2/h11-22,37-38H,1-10H3. The van der Waals surface area contributed by atoms with Gasteiger partial charge in [0.1, 0.15) is 0 Å². The highest BCUT2D eigenvalue weighted by atomic mass is 14.9. The lowest BCUT2D eigenvalue weighted by Crippen LogP contribution is -2.12. The highest BCUT2D eigenvalue weighted by Crippen LogP contribution is 2.42. The molecule has 0 aliphatic carbocycles. The maximum Gasteiger partial charge on any atom is 0.0467 e. The van der Waals surface area contributed by atoms with Gasteiger partial charge in [-0.05, 0) is 96.2 Å². The Bertz CT molecular complexity index is 1350. The average molecular weight is 505 g/mol. The fourth-order valence-corrected chi connectivity index (χ4v) is 4.94. The monoisotopic (exact) mass is 504 g/mol. The molecule has 0 unspecified atom stereocenters. The Kier molecular flexibility index (Phi) is 7.48. The fraction of sp³-hybridized carbons (Fsp3) is 0.333. The molecule has 0 aromatic heterocycles. The van der Waals surface area contributed by atoms with Crippen molar-refractivity contribution < 1.29 is 0 Å². The van der Waals surface area contributed by atoms with Crippen LogP contribution in [-0.2, 0) is 10.8 Å². The fourth-order valence-electron chi connectivity index (χ4n) is 4.94. The van der Waals surface area contributed by atoms with Crippen LogP contribution in [0.15, 0.2) is 72.8 Å². The zero-order valence-corrected chi connectivity index (χ0v) is 24.9. The number of rotatable bonds is 5. The van der Waals surface area contributed by atoms with Gasteiger partial charge in [-0.25, -0.2) is 0 Å². The van der Waals surface area contributed by atoms with E-state index < -0.39 is 0 Å². The van der Waals surface area contributed by atoms with Crippen LogP contribution in [0.2, 0.25) is 0 Å². The second kappa shape index (κ2) is 10.3. The molecule has 2 N–H and O–H groups in total. The van der Waals surface area contributed by atoms with Crippen LogP contribution in [0.4, 0.5) is 22.7 Å². The molecule has 0 aliphatic rings. The molecule has 4 aromatic rings. The van der Waals surface area contributed by atoms with Gasteiger partial charge in [0.25, 0.3) is 0 Å². The Morgan fingerprint density at radius 2 is 0.789 bits per heavy atom. The Morgan fingerprint density at radius 3 is 1.13 bits per heavy atom. The molecule has 0 fully saturated rings. The molecule has 0 radical (unpaired) electrons. The van der Waals surface area contributed by atoms with Crippen molar-refractivity contribution in [1.82, 2.24) is 0 Å². The molecule has 0 atom stereocenters. The summed E-state index contributed by atoms with van der Waals surface area (Å²) in [7, 11) is 0. The summed E-state index contributed by atoms with van der Waals surface area (Å²) in [6.07, 6.45) is 0. The minimum absolute atomic E-state index is 0.0894. The first-order valence-corrected chi connectivity index (χ1v) is 13.7. The maximum absolute atomic E-state index is 3.82. The van der Waals surface area contributed by atoms with E-state index in [1.165, 1.54) is 44.5 Å². The second-order valence-electron chi connectivity index (χ2n) is 12.8. The molecular formula is C36H44N2. The van der Waals surface area contributed by atoms with E-state index in [2.05, 4.69) is 153 Å². The topological polar surface area (TPSA) is 24.1 Å². The van der Waals surface area contributed by atoms with Gasteiger partial charge in [-0.3, -0.25) is 0 Å². The summed E-state index contributed by atoms with van der Waals surface area (Å²) in [5, 5.41) is 7.65. The van der Waals surface area contributed by atoms with E-state index in [1.54, 1.807) is 0 Å². The van der Waals surface area contributed by atoms with Gasteiger partial charge in [0.15, 0.2) is 0 Å². The Labute approximate surface area is 230 Å². The van der Waals surface area contributed by atoms with Crippen molar-refractivity contribution in [3.05, 3.63) is 106 Å². The lowest BCUT2D eigenvalue weighted by atomic mass is 9.86.